The third-order valence-corrected chi connectivity index (χ3v) is 6.38. The van der Waals surface area contributed by atoms with Gasteiger partial charge in [0.2, 0.25) is 0 Å². The predicted octanol–water partition coefficient (Wildman–Crippen LogP) is 2.95. The Morgan fingerprint density at radius 1 is 1.42 bits per heavy atom. The molecule has 0 bridgehead atoms. The number of thiazole rings is 1. The van der Waals surface area contributed by atoms with E-state index < -0.39 is 36.0 Å². The maximum Gasteiger partial charge on any atom is 0.338 e. The highest BCUT2D eigenvalue weighted by Crippen LogP contribution is 2.37. The number of nitrogens with zero attached hydrogens (tertiary/aromatic N) is 3. The number of carbonyl (C=O) groups excluding carboxylic acids is 1. The highest BCUT2D eigenvalue weighted by atomic mass is 35.5. The molecule has 12 heteroatoms. The lowest BCUT2D eigenvalue weighted by molar-refractivity contribution is -0.153. The van der Waals surface area contributed by atoms with Crippen molar-refractivity contribution in [2.45, 2.75) is 25.2 Å². The first-order chi connectivity index (χ1) is 15.8. The molecule has 2 aliphatic rings. The van der Waals surface area contributed by atoms with Crippen LogP contribution in [0.15, 0.2) is 46.0 Å². The quantitative estimate of drug-likeness (QED) is 0.568. The van der Waals surface area contributed by atoms with Crippen molar-refractivity contribution in [2.75, 3.05) is 19.7 Å². The fourth-order valence-electron chi connectivity index (χ4n) is 3.77. The Balaban J connectivity index is 1.82. The smallest absolute Gasteiger partial charge is 0.338 e. The molecule has 8 nitrogen and oxygen atoms in total. The van der Waals surface area contributed by atoms with Gasteiger partial charge in [0.25, 0.3) is 0 Å². The molecule has 3 atom stereocenters. The second-order valence-electron chi connectivity index (χ2n) is 7.35. The summed E-state index contributed by atoms with van der Waals surface area (Å²) in [7, 11) is 0. The van der Waals surface area contributed by atoms with Crippen molar-refractivity contribution >= 4 is 40.7 Å². The Bertz CT molecular complexity index is 1140. The zero-order chi connectivity index (χ0) is 23.7. The number of ether oxygens (including phenoxy) is 1. The zero-order valence-electron chi connectivity index (χ0n) is 17.3. The van der Waals surface area contributed by atoms with E-state index in [1.165, 1.54) is 28.4 Å². The number of carboxylic acids is 1. The van der Waals surface area contributed by atoms with E-state index in [0.29, 0.717) is 16.4 Å². The van der Waals surface area contributed by atoms with Crippen molar-refractivity contribution in [3.05, 3.63) is 62.5 Å². The summed E-state index contributed by atoms with van der Waals surface area (Å²) in [4.78, 5) is 34.7. The van der Waals surface area contributed by atoms with Gasteiger partial charge in [-0.05, 0) is 19.1 Å². The van der Waals surface area contributed by atoms with Crippen LogP contribution in [0.3, 0.4) is 0 Å². The van der Waals surface area contributed by atoms with Crippen LogP contribution in [0.25, 0.3) is 0 Å². The van der Waals surface area contributed by atoms with Gasteiger partial charge in [-0.3, -0.25) is 14.7 Å². The van der Waals surface area contributed by atoms with E-state index >= 15 is 0 Å². The molecule has 0 amide bonds. The lowest BCUT2D eigenvalue weighted by Crippen LogP contribution is -2.63. The number of aliphatic imine (C=N–C) groups is 1. The molecule has 2 aromatic rings. The molecule has 1 saturated heterocycles. The van der Waals surface area contributed by atoms with E-state index in [9.17, 15) is 23.5 Å². The maximum absolute atomic E-state index is 13.9. The predicted molar refractivity (Wildman–Crippen MR) is 117 cm³/mol. The number of amidine groups is 1. The van der Waals surface area contributed by atoms with E-state index in [-0.39, 0.29) is 36.0 Å². The molecule has 1 aromatic heterocycles. The van der Waals surface area contributed by atoms with E-state index in [1.54, 1.807) is 18.5 Å². The molecule has 4 rings (SSSR count). The van der Waals surface area contributed by atoms with Gasteiger partial charge in [-0.1, -0.05) is 17.7 Å². The first-order valence-corrected chi connectivity index (χ1v) is 11.3. The fraction of sp³-hybridized carbons (Fsp3) is 0.333. The molecule has 0 radical (unpaired) electrons. The number of halogens is 3. The van der Waals surface area contributed by atoms with Gasteiger partial charge in [0.15, 0.2) is 10.8 Å². The van der Waals surface area contributed by atoms with Crippen LogP contribution in [0.5, 0.6) is 0 Å². The average Bonchev–Trinajstić information content (AvgIpc) is 3.27. The molecular formula is C21H19ClF2N4O4S. The van der Waals surface area contributed by atoms with Crippen LogP contribution in [-0.2, 0) is 14.3 Å². The summed E-state index contributed by atoms with van der Waals surface area (Å²) in [6.07, 6.45) is 0.0601. The second kappa shape index (κ2) is 9.54. The van der Waals surface area contributed by atoms with Crippen LogP contribution in [0.2, 0.25) is 5.02 Å². The molecule has 3 unspecified atom stereocenters. The number of nitrogens with one attached hydrogen (secondary N) is 1. The number of carbonyl (C=O) groups is 2. The number of hydrogen-bond acceptors (Lipinski definition) is 8. The van der Waals surface area contributed by atoms with Gasteiger partial charge in [0.1, 0.15) is 24.1 Å². The molecule has 0 saturated carbocycles. The summed E-state index contributed by atoms with van der Waals surface area (Å²) < 4.78 is 32.9. The Morgan fingerprint density at radius 3 is 2.82 bits per heavy atom. The number of likely N-dealkylation sites (tertiary alicyclic amines) is 1. The Kier molecular flexibility index (Phi) is 6.73. The minimum atomic E-state index is -1.52. The van der Waals surface area contributed by atoms with Crippen molar-refractivity contribution in [1.82, 2.24) is 15.2 Å². The van der Waals surface area contributed by atoms with Gasteiger partial charge in [0.05, 0.1) is 12.2 Å². The van der Waals surface area contributed by atoms with Crippen molar-refractivity contribution in [2.24, 2.45) is 4.99 Å². The van der Waals surface area contributed by atoms with Gasteiger partial charge >= 0.3 is 11.9 Å². The highest BCUT2D eigenvalue weighted by molar-refractivity contribution is 7.11. The molecule has 2 aliphatic heterocycles. The lowest BCUT2D eigenvalue weighted by Gasteiger charge is -2.42. The van der Waals surface area contributed by atoms with Crippen LogP contribution in [0.4, 0.5) is 8.78 Å². The van der Waals surface area contributed by atoms with E-state index in [2.05, 4.69) is 15.3 Å². The zero-order valence-corrected chi connectivity index (χ0v) is 18.9. The maximum atomic E-state index is 13.9. The topological polar surface area (TPSA) is 104 Å². The average molecular weight is 497 g/mol. The Labute approximate surface area is 196 Å². The van der Waals surface area contributed by atoms with Crippen LogP contribution in [-0.4, -0.2) is 64.7 Å². The number of rotatable bonds is 7. The van der Waals surface area contributed by atoms with Gasteiger partial charge < -0.3 is 15.2 Å². The fourth-order valence-corrected chi connectivity index (χ4v) is 4.63. The normalized spacial score (nSPS) is 22.9. The molecule has 33 heavy (non-hydrogen) atoms. The molecule has 1 fully saturated rings. The first kappa shape index (κ1) is 23.3. The number of aliphatic carboxylic acids is 1. The Morgan fingerprint density at radius 2 is 2.21 bits per heavy atom. The van der Waals surface area contributed by atoms with Crippen LogP contribution < -0.4 is 5.32 Å². The van der Waals surface area contributed by atoms with Crippen molar-refractivity contribution in [3.63, 3.8) is 0 Å². The van der Waals surface area contributed by atoms with Gasteiger partial charge in [0, 0.05) is 40.9 Å². The van der Waals surface area contributed by atoms with E-state index in [1.807, 2.05) is 0 Å². The summed E-state index contributed by atoms with van der Waals surface area (Å²) >= 11 is 7.60. The van der Waals surface area contributed by atoms with Crippen LogP contribution >= 0.6 is 22.9 Å². The molecule has 3 heterocycles. The third kappa shape index (κ3) is 4.61. The second-order valence-corrected chi connectivity index (χ2v) is 8.65. The minimum absolute atomic E-state index is 0.0569. The van der Waals surface area contributed by atoms with Crippen molar-refractivity contribution in [1.29, 1.82) is 0 Å². The highest BCUT2D eigenvalue weighted by Gasteiger charge is 2.46. The van der Waals surface area contributed by atoms with E-state index in [4.69, 9.17) is 16.3 Å². The van der Waals surface area contributed by atoms with Gasteiger partial charge in [-0.2, -0.15) is 0 Å². The van der Waals surface area contributed by atoms with E-state index in [0.717, 1.165) is 6.07 Å². The number of hydrogen-bond donors (Lipinski definition) is 2. The molecule has 0 aliphatic carbocycles. The number of benzene rings is 1. The van der Waals surface area contributed by atoms with Crippen molar-refractivity contribution < 1.29 is 28.2 Å². The standard InChI is InChI=1S/C21H19ClF2N4O4S/c1-2-32-21(31)15-14(9-28-8-13(24)17(28)20(29)30)26-18(19-25-5-6-33-19)27-16(15)11-4-3-10(23)7-12(11)22/h3-7,13,16-17H,2,8-9H2,1H3,(H,26,27)(H,29,30). The SMILES string of the molecule is CCOC(=O)C1=C(CN2CC(F)C2C(=O)O)NC(c2nccs2)=NC1c1ccc(F)cc1Cl. The monoisotopic (exact) mass is 496 g/mol. The summed E-state index contributed by atoms with van der Waals surface area (Å²) in [6, 6.07) is 1.43. The van der Waals surface area contributed by atoms with Gasteiger partial charge in [-0.25, -0.2) is 18.6 Å². The summed E-state index contributed by atoms with van der Waals surface area (Å²) in [6.45, 7) is 1.54. The minimum Gasteiger partial charge on any atom is -0.480 e. The first-order valence-electron chi connectivity index (χ1n) is 10.0. The van der Waals surface area contributed by atoms with Crippen LogP contribution in [0.1, 0.15) is 23.5 Å². The number of carboxylic acid groups (broad SMARTS) is 1. The molecule has 2 N–H and O–H groups in total. The lowest BCUT2D eigenvalue weighted by atomic mass is 9.93. The van der Waals surface area contributed by atoms with Gasteiger partial charge in [-0.15, -0.1) is 11.3 Å². The molecule has 1 aromatic carbocycles. The Hall–Kier alpha value is -2.89. The number of aromatic nitrogens is 1. The van der Waals surface area contributed by atoms with Crippen LogP contribution in [0, 0.1) is 5.82 Å². The summed E-state index contributed by atoms with van der Waals surface area (Å²) in [5, 5.41) is 14.7. The molecule has 0 spiro atoms. The molecule has 174 valence electrons. The number of esters is 1. The summed E-state index contributed by atoms with van der Waals surface area (Å²) in [5.41, 5.74) is 0.727. The number of alkyl halides is 1. The van der Waals surface area contributed by atoms with Crippen molar-refractivity contribution in [3.8, 4) is 0 Å². The molecular weight excluding hydrogens is 478 g/mol. The largest absolute Gasteiger partial charge is 0.480 e. The third-order valence-electron chi connectivity index (χ3n) is 5.27. The summed E-state index contributed by atoms with van der Waals surface area (Å²) in [5.74, 6) is -2.23.